The predicted octanol–water partition coefficient (Wildman–Crippen LogP) is 5.29. The summed E-state index contributed by atoms with van der Waals surface area (Å²) < 4.78 is 16.6. The number of nitrogens with one attached hydrogen (secondary N) is 1. The zero-order valence-electron chi connectivity index (χ0n) is 20.3. The smallest absolute Gasteiger partial charge is 0.257 e. The Balaban J connectivity index is 1.23. The van der Waals surface area contributed by atoms with Gasteiger partial charge < -0.3 is 24.4 Å². The van der Waals surface area contributed by atoms with Crippen LogP contribution < -0.4 is 24.4 Å². The molecule has 1 amide bonds. The second kappa shape index (κ2) is 10.5. The molecule has 8 heteroatoms. The Morgan fingerprint density at radius 2 is 1.50 bits per heavy atom. The third-order valence-electron chi connectivity index (χ3n) is 6.22. The third kappa shape index (κ3) is 5.17. The Hall–Kier alpha value is -4.33. The van der Waals surface area contributed by atoms with Crippen molar-refractivity contribution < 1.29 is 19.0 Å². The highest BCUT2D eigenvalue weighted by Gasteiger charge is 2.29. The third-order valence-corrected chi connectivity index (χ3v) is 6.22. The van der Waals surface area contributed by atoms with Crippen LogP contribution in [0.3, 0.4) is 0 Å². The molecule has 0 saturated carbocycles. The van der Waals surface area contributed by atoms with E-state index in [0.717, 1.165) is 41.9 Å². The average Bonchev–Trinajstić information content (AvgIpc) is 2.93. The number of ether oxygens (including phenoxy) is 3. The molecule has 0 spiro atoms. The maximum Gasteiger partial charge on any atom is 0.257 e. The van der Waals surface area contributed by atoms with E-state index in [1.807, 2.05) is 72.8 Å². The molecule has 36 heavy (non-hydrogen) atoms. The number of para-hydroxylation sites is 2. The summed E-state index contributed by atoms with van der Waals surface area (Å²) in [6.07, 6.45) is 1.69. The molecule has 1 atom stereocenters. The molecule has 1 aromatic heterocycles. The van der Waals surface area contributed by atoms with Gasteiger partial charge in [-0.2, -0.15) is 0 Å². The molecule has 1 fully saturated rings. The Morgan fingerprint density at radius 1 is 0.861 bits per heavy atom. The minimum atomic E-state index is -0.174. The van der Waals surface area contributed by atoms with Gasteiger partial charge in [-0.15, -0.1) is 0 Å². The summed E-state index contributed by atoms with van der Waals surface area (Å²) in [4.78, 5) is 24.6. The van der Waals surface area contributed by atoms with Crippen LogP contribution in [0.5, 0.6) is 23.1 Å². The quantitative estimate of drug-likeness (QED) is 0.381. The second-order valence-corrected chi connectivity index (χ2v) is 8.62. The van der Waals surface area contributed by atoms with E-state index in [2.05, 4.69) is 15.2 Å². The molecule has 1 saturated heterocycles. The monoisotopic (exact) mass is 484 g/mol. The number of anilines is 2. The Labute approximate surface area is 209 Å². The largest absolute Gasteiger partial charge is 0.497 e. The van der Waals surface area contributed by atoms with Crippen molar-refractivity contribution in [1.82, 2.24) is 9.97 Å². The van der Waals surface area contributed by atoms with Crippen LogP contribution in [0.1, 0.15) is 12.8 Å². The fourth-order valence-electron chi connectivity index (χ4n) is 4.33. The summed E-state index contributed by atoms with van der Waals surface area (Å²) in [5, 5.41) is 3.04. The lowest BCUT2D eigenvalue weighted by molar-refractivity contribution is -0.120. The van der Waals surface area contributed by atoms with E-state index in [1.165, 1.54) is 0 Å². The lowest BCUT2D eigenvalue weighted by Gasteiger charge is -2.33. The highest BCUT2D eigenvalue weighted by atomic mass is 16.5. The fraction of sp³-hybridized carbons (Fsp3) is 0.250. The van der Waals surface area contributed by atoms with Gasteiger partial charge in [-0.25, -0.2) is 9.97 Å². The number of piperidine rings is 1. The number of benzene rings is 3. The number of nitrogens with zero attached hydrogens (tertiary/aromatic N) is 3. The number of carbonyl (C=O) groups is 1. The van der Waals surface area contributed by atoms with Crippen LogP contribution in [0.15, 0.2) is 72.8 Å². The summed E-state index contributed by atoms with van der Waals surface area (Å²) in [5.41, 5.74) is 2.31. The van der Waals surface area contributed by atoms with Gasteiger partial charge in [0, 0.05) is 18.8 Å². The number of methoxy groups -OCH3 is 2. The van der Waals surface area contributed by atoms with Gasteiger partial charge in [0.2, 0.25) is 5.91 Å². The Kier molecular flexibility index (Phi) is 6.84. The van der Waals surface area contributed by atoms with Crippen LogP contribution in [0.25, 0.3) is 11.0 Å². The molecule has 4 aromatic rings. The van der Waals surface area contributed by atoms with E-state index >= 15 is 0 Å². The zero-order chi connectivity index (χ0) is 24.9. The molecule has 184 valence electrons. The molecule has 1 aliphatic heterocycles. The van der Waals surface area contributed by atoms with Gasteiger partial charge in [-0.05, 0) is 73.5 Å². The minimum Gasteiger partial charge on any atom is -0.497 e. The molecule has 1 aliphatic rings. The summed E-state index contributed by atoms with van der Waals surface area (Å²) in [6, 6.07) is 22.4. The maximum atomic E-state index is 13.1. The molecule has 1 N–H and O–H groups in total. The second-order valence-electron chi connectivity index (χ2n) is 8.62. The number of hydrogen-bond donors (Lipinski definition) is 1. The summed E-state index contributed by atoms with van der Waals surface area (Å²) in [7, 11) is 3.22. The minimum absolute atomic E-state index is 0.0174. The van der Waals surface area contributed by atoms with Crippen molar-refractivity contribution in [2.45, 2.75) is 12.8 Å². The van der Waals surface area contributed by atoms with Crippen LogP contribution in [-0.2, 0) is 4.79 Å². The van der Waals surface area contributed by atoms with E-state index in [4.69, 9.17) is 19.2 Å². The Morgan fingerprint density at radius 3 is 2.17 bits per heavy atom. The van der Waals surface area contributed by atoms with Crippen LogP contribution in [0.4, 0.5) is 11.5 Å². The van der Waals surface area contributed by atoms with Crippen LogP contribution >= 0.6 is 0 Å². The van der Waals surface area contributed by atoms with E-state index < -0.39 is 0 Å². The first-order valence-corrected chi connectivity index (χ1v) is 11.9. The first-order chi connectivity index (χ1) is 17.6. The van der Waals surface area contributed by atoms with Crippen molar-refractivity contribution in [2.75, 3.05) is 37.5 Å². The first-order valence-electron chi connectivity index (χ1n) is 11.9. The molecule has 0 bridgehead atoms. The normalized spacial score (nSPS) is 15.4. The van der Waals surface area contributed by atoms with Gasteiger partial charge in [0.25, 0.3) is 5.88 Å². The number of aromatic nitrogens is 2. The van der Waals surface area contributed by atoms with E-state index in [0.29, 0.717) is 29.7 Å². The fourth-order valence-corrected chi connectivity index (χ4v) is 4.33. The molecule has 2 heterocycles. The molecule has 0 radical (unpaired) electrons. The first kappa shape index (κ1) is 23.4. The van der Waals surface area contributed by atoms with Gasteiger partial charge in [-0.3, -0.25) is 4.79 Å². The lowest BCUT2D eigenvalue weighted by atomic mass is 9.97. The topological polar surface area (TPSA) is 85.8 Å². The predicted molar refractivity (Wildman–Crippen MR) is 139 cm³/mol. The standard InChI is InChI=1S/C28H28N4O4/c1-34-21-13-15-23(16-14-21)36-22-11-9-20(10-12-22)29-27(33)19-6-5-17-32(18-19)26-28(35-2)31-25-8-4-3-7-24(25)30-26/h3-4,7-16,19H,5-6,17-18H2,1-2H3,(H,29,33)/t19-/m0/s1. The number of rotatable bonds is 7. The number of hydrogen-bond acceptors (Lipinski definition) is 7. The van der Waals surface area contributed by atoms with Crippen LogP contribution in [0, 0.1) is 5.92 Å². The number of amides is 1. The van der Waals surface area contributed by atoms with Crippen molar-refractivity contribution in [3.63, 3.8) is 0 Å². The van der Waals surface area contributed by atoms with E-state index in [1.54, 1.807) is 14.2 Å². The van der Waals surface area contributed by atoms with Crippen LogP contribution in [-0.4, -0.2) is 43.2 Å². The number of carbonyl (C=O) groups excluding carboxylic acids is 1. The zero-order valence-corrected chi connectivity index (χ0v) is 20.3. The summed E-state index contributed by atoms with van der Waals surface area (Å²) >= 11 is 0. The van der Waals surface area contributed by atoms with Gasteiger partial charge in [-0.1, -0.05) is 12.1 Å². The SMILES string of the molecule is COc1ccc(Oc2ccc(NC(=O)[C@H]3CCCN(c4nc5ccccc5nc4OC)C3)cc2)cc1. The lowest BCUT2D eigenvalue weighted by Crippen LogP contribution is -2.41. The maximum absolute atomic E-state index is 13.1. The average molecular weight is 485 g/mol. The summed E-state index contributed by atoms with van der Waals surface area (Å²) in [6.45, 7) is 1.35. The van der Waals surface area contributed by atoms with Crippen molar-refractivity contribution in [2.24, 2.45) is 5.92 Å². The molecular weight excluding hydrogens is 456 g/mol. The van der Waals surface area contributed by atoms with Crippen molar-refractivity contribution in [3.05, 3.63) is 72.8 Å². The molecule has 3 aromatic carbocycles. The Bertz CT molecular complexity index is 1340. The van der Waals surface area contributed by atoms with Crippen molar-refractivity contribution in [1.29, 1.82) is 0 Å². The molecule has 0 aliphatic carbocycles. The van der Waals surface area contributed by atoms with Crippen molar-refractivity contribution in [3.8, 4) is 23.1 Å². The molecule has 5 rings (SSSR count). The van der Waals surface area contributed by atoms with E-state index in [-0.39, 0.29) is 11.8 Å². The summed E-state index contributed by atoms with van der Waals surface area (Å²) in [5.74, 6) is 3.12. The van der Waals surface area contributed by atoms with Crippen LogP contribution in [0.2, 0.25) is 0 Å². The number of fused-ring (bicyclic) bond motifs is 1. The molecule has 8 nitrogen and oxygen atoms in total. The molecule has 0 unspecified atom stereocenters. The van der Waals surface area contributed by atoms with Gasteiger partial charge in [0.05, 0.1) is 31.2 Å². The highest BCUT2D eigenvalue weighted by Crippen LogP contribution is 2.31. The van der Waals surface area contributed by atoms with Crippen molar-refractivity contribution >= 4 is 28.4 Å². The van der Waals surface area contributed by atoms with E-state index in [9.17, 15) is 4.79 Å². The van der Waals surface area contributed by atoms with Gasteiger partial charge in [0.15, 0.2) is 5.82 Å². The van der Waals surface area contributed by atoms with Gasteiger partial charge in [0.1, 0.15) is 17.2 Å². The van der Waals surface area contributed by atoms with Gasteiger partial charge >= 0.3 is 0 Å². The highest BCUT2D eigenvalue weighted by molar-refractivity contribution is 5.93. The molecular formula is C28H28N4O4.